The van der Waals surface area contributed by atoms with Crippen molar-refractivity contribution in [3.05, 3.63) is 23.7 Å². The second-order valence-corrected chi connectivity index (χ2v) is 5.43. The lowest BCUT2D eigenvalue weighted by molar-refractivity contribution is 0.152. The zero-order valence-electron chi connectivity index (χ0n) is 11.1. The van der Waals surface area contributed by atoms with Gasteiger partial charge < -0.3 is 10.2 Å². The van der Waals surface area contributed by atoms with Gasteiger partial charge in [0.25, 0.3) is 0 Å². The van der Waals surface area contributed by atoms with E-state index in [2.05, 4.69) is 18.0 Å². The molecule has 0 aromatic carbocycles. The first-order chi connectivity index (χ1) is 8.52. The minimum Gasteiger partial charge on any atom is -0.465 e. The van der Waals surface area contributed by atoms with E-state index in [1.165, 1.54) is 0 Å². The molecule has 1 heterocycles. The first kappa shape index (κ1) is 13.1. The predicted octanol–water partition coefficient (Wildman–Crippen LogP) is 2.18. The Hall–Kier alpha value is -1.31. The quantitative estimate of drug-likeness (QED) is 0.889. The summed E-state index contributed by atoms with van der Waals surface area (Å²) in [4.78, 5) is 2.30. The van der Waals surface area contributed by atoms with Crippen LogP contribution in [0.5, 0.6) is 0 Å². The molecule has 1 aliphatic rings. The lowest BCUT2D eigenvalue weighted by atomic mass is 9.81. The topological polar surface area (TPSA) is 66.2 Å². The molecule has 0 saturated heterocycles. The van der Waals surface area contributed by atoms with Gasteiger partial charge in [-0.1, -0.05) is 0 Å². The Bertz CT molecular complexity index is 438. The van der Waals surface area contributed by atoms with Gasteiger partial charge in [0, 0.05) is 6.04 Å². The lowest BCUT2D eigenvalue weighted by Gasteiger charge is -2.36. The number of nitrogens with two attached hydrogens (primary N) is 1. The summed E-state index contributed by atoms with van der Waals surface area (Å²) in [7, 11) is 2.11. The third-order valence-corrected chi connectivity index (χ3v) is 3.89. The molecule has 4 nitrogen and oxygen atoms in total. The Kier molecular flexibility index (Phi) is 3.74. The smallest absolute Gasteiger partial charge is 0.118 e. The highest BCUT2D eigenvalue weighted by Gasteiger charge is 2.33. The van der Waals surface area contributed by atoms with E-state index in [4.69, 9.17) is 15.4 Å². The van der Waals surface area contributed by atoms with E-state index in [-0.39, 0.29) is 0 Å². The normalized spacial score (nSPS) is 28.3. The summed E-state index contributed by atoms with van der Waals surface area (Å²) in [5, 5.41) is 9.01. The van der Waals surface area contributed by atoms with Gasteiger partial charge in [0.15, 0.2) is 0 Å². The first-order valence-corrected chi connectivity index (χ1v) is 6.48. The summed E-state index contributed by atoms with van der Waals surface area (Å²) in [6, 6.07) is 6.75. The van der Waals surface area contributed by atoms with Crippen LogP contribution in [0.3, 0.4) is 0 Å². The van der Waals surface area contributed by atoms with Crippen molar-refractivity contribution in [1.82, 2.24) is 4.90 Å². The lowest BCUT2D eigenvalue weighted by Crippen LogP contribution is -2.46. The molecule has 4 heteroatoms. The highest BCUT2D eigenvalue weighted by molar-refractivity contribution is 5.09. The first-order valence-electron chi connectivity index (χ1n) is 6.48. The van der Waals surface area contributed by atoms with Crippen molar-refractivity contribution >= 4 is 0 Å². The zero-order chi connectivity index (χ0) is 13.2. The number of nitriles is 1. The minimum atomic E-state index is -0.599. The van der Waals surface area contributed by atoms with Gasteiger partial charge in [0.1, 0.15) is 17.1 Å². The number of aryl methyl sites for hydroxylation is 1. The highest BCUT2D eigenvalue weighted by Crippen LogP contribution is 2.29. The molecule has 18 heavy (non-hydrogen) atoms. The van der Waals surface area contributed by atoms with E-state index < -0.39 is 5.54 Å². The van der Waals surface area contributed by atoms with E-state index in [0.29, 0.717) is 6.04 Å². The molecule has 1 fully saturated rings. The van der Waals surface area contributed by atoms with Crippen molar-refractivity contribution < 1.29 is 4.42 Å². The molecular weight excluding hydrogens is 226 g/mol. The van der Waals surface area contributed by atoms with Gasteiger partial charge in [0.05, 0.1) is 12.6 Å². The fraction of sp³-hybridized carbons (Fsp3) is 0.643. The maximum Gasteiger partial charge on any atom is 0.118 e. The van der Waals surface area contributed by atoms with E-state index in [0.717, 1.165) is 43.7 Å². The van der Waals surface area contributed by atoms with Crippen LogP contribution in [0.4, 0.5) is 0 Å². The van der Waals surface area contributed by atoms with Gasteiger partial charge >= 0.3 is 0 Å². The van der Waals surface area contributed by atoms with Crippen LogP contribution in [0.2, 0.25) is 0 Å². The molecule has 1 aliphatic carbocycles. The van der Waals surface area contributed by atoms with Gasteiger partial charge in [0.2, 0.25) is 0 Å². The molecule has 0 spiro atoms. The van der Waals surface area contributed by atoms with Crippen molar-refractivity contribution in [3.63, 3.8) is 0 Å². The second kappa shape index (κ2) is 5.13. The number of rotatable bonds is 3. The van der Waals surface area contributed by atoms with E-state index in [9.17, 15) is 0 Å². The highest BCUT2D eigenvalue weighted by atomic mass is 16.3. The molecule has 0 aliphatic heterocycles. The number of hydrogen-bond acceptors (Lipinski definition) is 4. The summed E-state index contributed by atoms with van der Waals surface area (Å²) in [6.07, 6.45) is 3.55. The van der Waals surface area contributed by atoms with Crippen molar-refractivity contribution in [2.45, 2.75) is 50.7 Å². The molecule has 1 aromatic rings. The number of furan rings is 1. The SMILES string of the molecule is Cc1ccc(CN(C)C2CCC(N)(C#N)CC2)o1. The molecule has 1 aromatic heterocycles. The third kappa shape index (κ3) is 2.92. The van der Waals surface area contributed by atoms with Crippen LogP contribution < -0.4 is 5.73 Å². The maximum absolute atomic E-state index is 9.01. The van der Waals surface area contributed by atoms with Crippen LogP contribution in [0.15, 0.2) is 16.5 Å². The molecule has 2 N–H and O–H groups in total. The fourth-order valence-corrected chi connectivity index (χ4v) is 2.62. The summed E-state index contributed by atoms with van der Waals surface area (Å²) >= 11 is 0. The van der Waals surface area contributed by atoms with Crippen molar-refractivity contribution in [1.29, 1.82) is 5.26 Å². The van der Waals surface area contributed by atoms with Crippen LogP contribution >= 0.6 is 0 Å². The average molecular weight is 247 g/mol. The predicted molar refractivity (Wildman–Crippen MR) is 69.7 cm³/mol. The van der Waals surface area contributed by atoms with E-state index in [1.807, 2.05) is 19.1 Å². The Morgan fingerprint density at radius 1 is 1.50 bits per heavy atom. The van der Waals surface area contributed by atoms with Crippen molar-refractivity contribution in [2.75, 3.05) is 7.05 Å². The zero-order valence-corrected chi connectivity index (χ0v) is 11.1. The Balaban J connectivity index is 1.88. The van der Waals surface area contributed by atoms with Crippen LogP contribution in [-0.2, 0) is 6.54 Å². The molecular formula is C14H21N3O. The monoisotopic (exact) mass is 247 g/mol. The van der Waals surface area contributed by atoms with Crippen LogP contribution in [0, 0.1) is 18.3 Å². The van der Waals surface area contributed by atoms with Gasteiger partial charge in [-0.15, -0.1) is 0 Å². The number of hydrogen-bond donors (Lipinski definition) is 1. The molecule has 0 bridgehead atoms. The van der Waals surface area contributed by atoms with Gasteiger partial charge in [-0.3, -0.25) is 4.90 Å². The molecule has 2 rings (SSSR count). The van der Waals surface area contributed by atoms with Gasteiger partial charge in [-0.25, -0.2) is 0 Å². The van der Waals surface area contributed by atoms with Crippen molar-refractivity contribution in [2.24, 2.45) is 5.73 Å². The molecule has 0 amide bonds. The molecule has 0 radical (unpaired) electrons. The fourth-order valence-electron chi connectivity index (χ4n) is 2.62. The minimum absolute atomic E-state index is 0.500. The van der Waals surface area contributed by atoms with Crippen molar-refractivity contribution in [3.8, 4) is 6.07 Å². The van der Waals surface area contributed by atoms with Crippen LogP contribution in [0.25, 0.3) is 0 Å². The standard InChI is InChI=1S/C14H21N3O/c1-11-3-4-13(18-11)9-17(2)12-5-7-14(16,10-15)8-6-12/h3-4,12H,5-9,16H2,1-2H3. The largest absolute Gasteiger partial charge is 0.465 e. The molecule has 98 valence electrons. The summed E-state index contributed by atoms with van der Waals surface area (Å²) in [6.45, 7) is 2.78. The Labute approximate surface area is 108 Å². The Morgan fingerprint density at radius 2 is 2.17 bits per heavy atom. The van der Waals surface area contributed by atoms with Crippen LogP contribution in [-0.4, -0.2) is 23.5 Å². The second-order valence-electron chi connectivity index (χ2n) is 5.43. The average Bonchev–Trinajstić information content (AvgIpc) is 2.75. The maximum atomic E-state index is 9.01. The molecule has 0 atom stereocenters. The van der Waals surface area contributed by atoms with Crippen LogP contribution in [0.1, 0.15) is 37.2 Å². The number of nitrogens with zero attached hydrogens (tertiary/aromatic N) is 2. The summed E-state index contributed by atoms with van der Waals surface area (Å²) < 4.78 is 5.59. The third-order valence-electron chi connectivity index (χ3n) is 3.89. The van der Waals surface area contributed by atoms with Gasteiger partial charge in [-0.05, 0) is 51.8 Å². The summed E-state index contributed by atoms with van der Waals surface area (Å²) in [5.74, 6) is 1.95. The Morgan fingerprint density at radius 3 is 2.67 bits per heavy atom. The van der Waals surface area contributed by atoms with E-state index in [1.54, 1.807) is 0 Å². The van der Waals surface area contributed by atoms with E-state index >= 15 is 0 Å². The molecule has 1 saturated carbocycles. The van der Waals surface area contributed by atoms with Gasteiger partial charge in [-0.2, -0.15) is 5.26 Å². The summed E-state index contributed by atoms with van der Waals surface area (Å²) in [5.41, 5.74) is 5.38. The molecule has 0 unspecified atom stereocenters.